The molecule has 0 spiro atoms. The highest BCUT2D eigenvalue weighted by Crippen LogP contribution is 2.54. The van der Waals surface area contributed by atoms with Crippen molar-refractivity contribution in [2.24, 2.45) is 0 Å². The van der Waals surface area contributed by atoms with Gasteiger partial charge in [-0.3, -0.25) is 0 Å². The van der Waals surface area contributed by atoms with E-state index in [1.165, 1.54) is 27.8 Å². The highest BCUT2D eigenvalue weighted by atomic mass is 14.9. The molecule has 0 aromatic heterocycles. The average molecular weight is 347 g/mol. The Morgan fingerprint density at radius 2 is 1.22 bits per heavy atom. The Balaban J connectivity index is 1.76. The lowest BCUT2D eigenvalue weighted by Crippen LogP contribution is -2.22. The highest BCUT2D eigenvalue weighted by Gasteiger charge is 2.41. The van der Waals surface area contributed by atoms with Crippen LogP contribution in [-0.4, -0.2) is 0 Å². The second kappa shape index (κ2) is 6.14. The molecule has 0 amide bonds. The number of anilines is 2. The maximum absolute atomic E-state index is 3.63. The number of nitrogens with one attached hydrogen (secondary N) is 1. The summed E-state index contributed by atoms with van der Waals surface area (Å²) in [6, 6.07) is 36.6. The molecule has 1 nitrogen and oxygen atoms in total. The predicted octanol–water partition coefficient (Wildman–Crippen LogP) is 6.76. The summed E-state index contributed by atoms with van der Waals surface area (Å²) in [4.78, 5) is 0. The second-order valence-electron chi connectivity index (χ2n) is 7.26. The maximum atomic E-state index is 3.63. The molecule has 0 fully saturated rings. The number of benzene rings is 4. The van der Waals surface area contributed by atoms with Gasteiger partial charge in [0.25, 0.3) is 0 Å². The standard InChI is InChI=1S/C26H21N/c1-26(19-11-4-2-5-12-19)22-16-9-8-15-21(22)25-23(26)17-10-18-24(25)27-20-13-6-3-7-14-20/h2-18,27H,1H3. The molecule has 4 aromatic carbocycles. The van der Waals surface area contributed by atoms with Crippen LogP contribution in [0.1, 0.15) is 23.6 Å². The summed E-state index contributed by atoms with van der Waals surface area (Å²) in [5.41, 5.74) is 8.79. The van der Waals surface area contributed by atoms with Gasteiger partial charge in [0.1, 0.15) is 0 Å². The number of para-hydroxylation sites is 1. The van der Waals surface area contributed by atoms with E-state index >= 15 is 0 Å². The lowest BCUT2D eigenvalue weighted by molar-refractivity contribution is 0.714. The van der Waals surface area contributed by atoms with Gasteiger partial charge in [0.05, 0.1) is 0 Å². The van der Waals surface area contributed by atoms with Gasteiger partial charge in [0.2, 0.25) is 0 Å². The summed E-state index contributed by atoms with van der Waals surface area (Å²) in [6.45, 7) is 2.35. The van der Waals surface area contributed by atoms with Gasteiger partial charge in [-0.15, -0.1) is 0 Å². The highest BCUT2D eigenvalue weighted by molar-refractivity contribution is 5.92. The molecule has 1 aliphatic rings. The maximum Gasteiger partial charge on any atom is 0.0467 e. The number of hydrogen-bond acceptors (Lipinski definition) is 1. The van der Waals surface area contributed by atoms with E-state index < -0.39 is 0 Å². The lowest BCUT2D eigenvalue weighted by atomic mass is 9.74. The number of fused-ring (bicyclic) bond motifs is 3. The van der Waals surface area contributed by atoms with Gasteiger partial charge in [0, 0.05) is 22.4 Å². The summed E-state index contributed by atoms with van der Waals surface area (Å²) in [5.74, 6) is 0. The molecule has 130 valence electrons. The summed E-state index contributed by atoms with van der Waals surface area (Å²) in [7, 11) is 0. The molecular formula is C26H21N. The SMILES string of the molecule is CC1(c2ccccc2)c2ccccc2-c2c(Nc3ccccc3)cccc21. The molecule has 0 radical (unpaired) electrons. The molecule has 5 rings (SSSR count). The number of hydrogen-bond donors (Lipinski definition) is 1. The van der Waals surface area contributed by atoms with Crippen LogP contribution in [0.5, 0.6) is 0 Å². The summed E-state index contributed by atoms with van der Waals surface area (Å²) in [5, 5.41) is 3.63. The van der Waals surface area contributed by atoms with Gasteiger partial charge in [0.15, 0.2) is 0 Å². The van der Waals surface area contributed by atoms with E-state index in [1.54, 1.807) is 0 Å². The van der Waals surface area contributed by atoms with Gasteiger partial charge in [-0.1, -0.05) is 84.9 Å². The zero-order valence-electron chi connectivity index (χ0n) is 15.3. The van der Waals surface area contributed by atoms with E-state index in [4.69, 9.17) is 0 Å². The second-order valence-corrected chi connectivity index (χ2v) is 7.26. The Morgan fingerprint density at radius 3 is 2.00 bits per heavy atom. The lowest BCUT2D eigenvalue weighted by Gasteiger charge is -2.28. The molecule has 1 N–H and O–H groups in total. The smallest absolute Gasteiger partial charge is 0.0467 e. The molecule has 0 saturated carbocycles. The zero-order chi connectivity index (χ0) is 18.3. The van der Waals surface area contributed by atoms with Crippen molar-refractivity contribution in [1.29, 1.82) is 0 Å². The van der Waals surface area contributed by atoms with Crippen LogP contribution in [0.2, 0.25) is 0 Å². The fourth-order valence-electron chi connectivity index (χ4n) is 4.41. The van der Waals surface area contributed by atoms with E-state index in [0.717, 1.165) is 11.4 Å². The average Bonchev–Trinajstić information content (AvgIpc) is 3.01. The minimum Gasteiger partial charge on any atom is -0.355 e. The van der Waals surface area contributed by atoms with Crippen molar-refractivity contribution in [3.05, 3.63) is 120 Å². The molecule has 0 saturated heterocycles. The molecule has 1 aliphatic carbocycles. The Morgan fingerprint density at radius 1 is 0.593 bits per heavy atom. The summed E-state index contributed by atoms with van der Waals surface area (Å²) < 4.78 is 0. The van der Waals surface area contributed by atoms with E-state index in [-0.39, 0.29) is 5.41 Å². The van der Waals surface area contributed by atoms with E-state index in [1.807, 2.05) is 6.07 Å². The van der Waals surface area contributed by atoms with Crippen LogP contribution in [0.25, 0.3) is 11.1 Å². The molecule has 0 heterocycles. The van der Waals surface area contributed by atoms with E-state index in [2.05, 4.69) is 109 Å². The fourth-order valence-corrected chi connectivity index (χ4v) is 4.41. The van der Waals surface area contributed by atoms with Crippen LogP contribution < -0.4 is 5.32 Å². The van der Waals surface area contributed by atoms with Crippen LogP contribution in [0.3, 0.4) is 0 Å². The Kier molecular flexibility index (Phi) is 3.61. The third-order valence-electron chi connectivity index (χ3n) is 5.74. The van der Waals surface area contributed by atoms with Gasteiger partial charge >= 0.3 is 0 Å². The topological polar surface area (TPSA) is 12.0 Å². The Hall–Kier alpha value is -3.32. The normalized spacial score (nSPS) is 17.2. The van der Waals surface area contributed by atoms with Gasteiger partial charge < -0.3 is 5.32 Å². The summed E-state index contributed by atoms with van der Waals surface area (Å²) >= 11 is 0. The first-order chi connectivity index (χ1) is 13.3. The Bertz CT molecular complexity index is 1100. The quantitative estimate of drug-likeness (QED) is 0.431. The Labute approximate surface area is 160 Å². The van der Waals surface area contributed by atoms with Crippen LogP contribution in [0, 0.1) is 0 Å². The van der Waals surface area contributed by atoms with Crippen molar-refractivity contribution in [2.45, 2.75) is 12.3 Å². The summed E-state index contributed by atoms with van der Waals surface area (Å²) in [6.07, 6.45) is 0. The molecular weight excluding hydrogens is 326 g/mol. The molecule has 1 unspecified atom stereocenters. The molecule has 4 aromatic rings. The first kappa shape index (κ1) is 15.9. The van der Waals surface area contributed by atoms with Crippen molar-refractivity contribution in [3.63, 3.8) is 0 Å². The molecule has 1 heteroatoms. The molecule has 27 heavy (non-hydrogen) atoms. The van der Waals surface area contributed by atoms with Gasteiger partial charge in [-0.2, -0.15) is 0 Å². The van der Waals surface area contributed by atoms with Crippen LogP contribution in [-0.2, 0) is 5.41 Å². The minimum absolute atomic E-state index is 0.151. The molecule has 1 atom stereocenters. The molecule has 0 aliphatic heterocycles. The molecule has 0 bridgehead atoms. The van der Waals surface area contributed by atoms with Crippen molar-refractivity contribution >= 4 is 11.4 Å². The fraction of sp³-hybridized carbons (Fsp3) is 0.0769. The van der Waals surface area contributed by atoms with Crippen molar-refractivity contribution in [1.82, 2.24) is 0 Å². The van der Waals surface area contributed by atoms with Gasteiger partial charge in [-0.25, -0.2) is 0 Å². The van der Waals surface area contributed by atoms with Crippen molar-refractivity contribution in [3.8, 4) is 11.1 Å². The minimum atomic E-state index is -0.151. The zero-order valence-corrected chi connectivity index (χ0v) is 15.3. The van der Waals surface area contributed by atoms with Crippen LogP contribution >= 0.6 is 0 Å². The predicted molar refractivity (Wildman–Crippen MR) is 114 cm³/mol. The van der Waals surface area contributed by atoms with Crippen LogP contribution in [0.4, 0.5) is 11.4 Å². The first-order valence-corrected chi connectivity index (χ1v) is 9.39. The van der Waals surface area contributed by atoms with Crippen molar-refractivity contribution in [2.75, 3.05) is 5.32 Å². The first-order valence-electron chi connectivity index (χ1n) is 9.39. The number of rotatable bonds is 3. The third kappa shape index (κ3) is 2.39. The van der Waals surface area contributed by atoms with E-state index in [9.17, 15) is 0 Å². The van der Waals surface area contributed by atoms with Gasteiger partial charge in [-0.05, 0) is 47.4 Å². The largest absolute Gasteiger partial charge is 0.355 e. The van der Waals surface area contributed by atoms with Crippen molar-refractivity contribution < 1.29 is 0 Å². The van der Waals surface area contributed by atoms with E-state index in [0.29, 0.717) is 0 Å². The third-order valence-corrected chi connectivity index (χ3v) is 5.74. The van der Waals surface area contributed by atoms with Crippen LogP contribution in [0.15, 0.2) is 103 Å². The monoisotopic (exact) mass is 347 g/mol.